The number of sulfonamides is 1. The molecule has 0 spiro atoms. The number of carbonyl (C=O) groups excluding carboxylic acids is 1. The van der Waals surface area contributed by atoms with Crippen molar-refractivity contribution in [3.05, 3.63) is 75.9 Å². The third-order valence-corrected chi connectivity index (χ3v) is 7.53. The first kappa shape index (κ1) is 22.4. The SMILES string of the molecule is CNc1ccc2c(=O)n(-c3ncc(NC(=O)NS(=O)(=O)c4ccc(C)s4)cc3F)ccc2c1. The van der Waals surface area contributed by atoms with Crippen molar-refractivity contribution >= 4 is 49.5 Å². The molecule has 4 rings (SSSR count). The van der Waals surface area contributed by atoms with Gasteiger partial charge in [-0.05, 0) is 48.7 Å². The van der Waals surface area contributed by atoms with Crippen LogP contribution >= 0.6 is 11.3 Å². The molecule has 0 radical (unpaired) electrons. The Morgan fingerprint density at radius 3 is 2.58 bits per heavy atom. The van der Waals surface area contributed by atoms with E-state index in [1.165, 1.54) is 12.3 Å². The van der Waals surface area contributed by atoms with Crippen LogP contribution in [0.4, 0.5) is 20.6 Å². The molecule has 4 aromatic rings. The van der Waals surface area contributed by atoms with E-state index >= 15 is 0 Å². The molecule has 0 atom stereocenters. The number of hydrogen-bond donors (Lipinski definition) is 3. The van der Waals surface area contributed by atoms with Crippen LogP contribution in [0.25, 0.3) is 16.6 Å². The number of fused-ring (bicyclic) bond motifs is 1. The Morgan fingerprint density at radius 1 is 1.12 bits per heavy atom. The van der Waals surface area contributed by atoms with Crippen LogP contribution in [0.1, 0.15) is 4.88 Å². The van der Waals surface area contributed by atoms with E-state index < -0.39 is 27.4 Å². The summed E-state index contributed by atoms with van der Waals surface area (Å²) in [5, 5.41) is 6.28. The van der Waals surface area contributed by atoms with E-state index in [1.807, 2.05) is 4.72 Å². The third-order valence-electron chi connectivity index (χ3n) is 4.71. The minimum Gasteiger partial charge on any atom is -0.388 e. The van der Waals surface area contributed by atoms with Crippen molar-refractivity contribution in [3.63, 3.8) is 0 Å². The van der Waals surface area contributed by atoms with Gasteiger partial charge in [0.05, 0.1) is 11.9 Å². The Morgan fingerprint density at radius 2 is 1.91 bits per heavy atom. The maximum atomic E-state index is 14.8. The number of amides is 2. The molecule has 3 aromatic heterocycles. The van der Waals surface area contributed by atoms with Gasteiger partial charge in [-0.3, -0.25) is 9.36 Å². The van der Waals surface area contributed by atoms with Gasteiger partial charge in [-0.1, -0.05) is 0 Å². The summed E-state index contributed by atoms with van der Waals surface area (Å²) >= 11 is 1.01. The summed E-state index contributed by atoms with van der Waals surface area (Å²) in [7, 11) is -2.30. The van der Waals surface area contributed by atoms with Crippen molar-refractivity contribution in [1.82, 2.24) is 14.3 Å². The van der Waals surface area contributed by atoms with E-state index in [9.17, 15) is 22.4 Å². The highest BCUT2D eigenvalue weighted by atomic mass is 32.2. The van der Waals surface area contributed by atoms with E-state index in [4.69, 9.17) is 0 Å². The normalized spacial score (nSPS) is 11.4. The van der Waals surface area contributed by atoms with Gasteiger partial charge < -0.3 is 10.6 Å². The summed E-state index contributed by atoms with van der Waals surface area (Å²) in [6.45, 7) is 1.74. The molecule has 0 saturated heterocycles. The molecular weight excluding hydrogens is 469 g/mol. The van der Waals surface area contributed by atoms with Crippen LogP contribution in [0.15, 0.2) is 63.9 Å². The van der Waals surface area contributed by atoms with Gasteiger partial charge in [0.2, 0.25) is 0 Å². The third kappa shape index (κ3) is 4.56. The van der Waals surface area contributed by atoms with Crippen LogP contribution in [-0.2, 0) is 10.0 Å². The number of thiophene rings is 1. The lowest BCUT2D eigenvalue weighted by molar-refractivity contribution is 0.256. The van der Waals surface area contributed by atoms with Crippen LogP contribution in [0.5, 0.6) is 0 Å². The molecule has 0 aliphatic heterocycles. The lowest BCUT2D eigenvalue weighted by Crippen LogP contribution is -2.34. The van der Waals surface area contributed by atoms with Gasteiger partial charge in [0, 0.05) is 35.3 Å². The second kappa shape index (κ2) is 8.64. The van der Waals surface area contributed by atoms with Crippen LogP contribution < -0.4 is 20.9 Å². The topological polar surface area (TPSA) is 122 Å². The van der Waals surface area contributed by atoms with Crippen molar-refractivity contribution in [2.24, 2.45) is 0 Å². The smallest absolute Gasteiger partial charge is 0.333 e. The Kier molecular flexibility index (Phi) is 5.87. The molecule has 170 valence electrons. The Labute approximate surface area is 192 Å². The highest BCUT2D eigenvalue weighted by Crippen LogP contribution is 2.21. The van der Waals surface area contributed by atoms with Crippen LogP contribution in [0, 0.1) is 12.7 Å². The van der Waals surface area contributed by atoms with Gasteiger partial charge >= 0.3 is 6.03 Å². The first-order valence-corrected chi connectivity index (χ1v) is 11.9. The number of anilines is 2. The van der Waals surface area contributed by atoms with Crippen molar-refractivity contribution in [2.45, 2.75) is 11.1 Å². The van der Waals surface area contributed by atoms with Gasteiger partial charge in [0.1, 0.15) is 4.21 Å². The van der Waals surface area contributed by atoms with Crippen molar-refractivity contribution in [2.75, 3.05) is 17.7 Å². The van der Waals surface area contributed by atoms with E-state index in [0.717, 1.165) is 38.7 Å². The van der Waals surface area contributed by atoms with Gasteiger partial charge in [0.15, 0.2) is 11.6 Å². The second-order valence-corrected chi connectivity index (χ2v) is 10.2. The molecule has 3 N–H and O–H groups in total. The molecule has 33 heavy (non-hydrogen) atoms. The van der Waals surface area contributed by atoms with Gasteiger partial charge in [0.25, 0.3) is 15.6 Å². The Hall–Kier alpha value is -3.77. The number of benzene rings is 1. The van der Waals surface area contributed by atoms with Crippen LogP contribution in [-0.4, -0.2) is 31.0 Å². The minimum absolute atomic E-state index is 0.0210. The fourth-order valence-corrected chi connectivity index (χ4v) is 5.32. The summed E-state index contributed by atoms with van der Waals surface area (Å²) < 4.78 is 42.2. The average Bonchev–Trinajstić information content (AvgIpc) is 3.21. The molecule has 0 bridgehead atoms. The molecular formula is C21H18FN5O4S2. The zero-order valence-corrected chi connectivity index (χ0v) is 19.1. The van der Waals surface area contributed by atoms with Gasteiger partial charge in [-0.2, -0.15) is 0 Å². The Bertz CT molecular complexity index is 1550. The standard InChI is InChI=1S/C21H18FN5O4S2/c1-12-3-6-18(32-12)33(30,31)26-21(29)25-15-10-17(22)19(24-11-15)27-8-7-13-9-14(23-2)4-5-16(13)20(27)28/h3-11,23H,1-2H3,(H2,25,26,29). The molecule has 1 aromatic carbocycles. The predicted molar refractivity (Wildman–Crippen MR) is 125 cm³/mol. The number of rotatable bonds is 5. The molecule has 0 aliphatic rings. The summed E-state index contributed by atoms with van der Waals surface area (Å²) in [6.07, 6.45) is 2.53. The number of urea groups is 1. The fraction of sp³-hybridized carbons (Fsp3) is 0.0952. The summed E-state index contributed by atoms with van der Waals surface area (Å²) in [5.41, 5.74) is 0.282. The zero-order valence-electron chi connectivity index (χ0n) is 17.4. The summed E-state index contributed by atoms with van der Waals surface area (Å²) in [4.78, 5) is 29.7. The molecule has 0 fully saturated rings. The van der Waals surface area contributed by atoms with E-state index in [0.29, 0.717) is 10.8 Å². The second-order valence-electron chi connectivity index (χ2n) is 7.00. The van der Waals surface area contributed by atoms with E-state index in [1.54, 1.807) is 44.3 Å². The van der Waals surface area contributed by atoms with Gasteiger partial charge in [-0.25, -0.2) is 27.3 Å². The van der Waals surface area contributed by atoms with Crippen LogP contribution in [0.3, 0.4) is 0 Å². The molecule has 9 nitrogen and oxygen atoms in total. The van der Waals surface area contributed by atoms with Crippen molar-refractivity contribution in [1.29, 1.82) is 0 Å². The maximum absolute atomic E-state index is 14.8. The Balaban J connectivity index is 1.57. The number of hydrogen-bond acceptors (Lipinski definition) is 7. The number of carbonyl (C=O) groups is 1. The minimum atomic E-state index is -4.06. The maximum Gasteiger partial charge on any atom is 0.333 e. The first-order valence-electron chi connectivity index (χ1n) is 9.57. The van der Waals surface area contributed by atoms with Crippen molar-refractivity contribution in [3.8, 4) is 5.82 Å². The fourth-order valence-electron chi connectivity index (χ4n) is 3.13. The molecule has 0 aliphatic carbocycles. The molecule has 12 heteroatoms. The van der Waals surface area contributed by atoms with Gasteiger partial charge in [-0.15, -0.1) is 11.3 Å². The predicted octanol–water partition coefficient (Wildman–Crippen LogP) is 3.45. The highest BCUT2D eigenvalue weighted by molar-refractivity contribution is 7.92. The molecule has 3 heterocycles. The summed E-state index contributed by atoms with van der Waals surface area (Å²) in [5.74, 6) is -1.13. The number of nitrogens with one attached hydrogen (secondary N) is 3. The summed E-state index contributed by atoms with van der Waals surface area (Å²) in [6, 6.07) is 9.69. The monoisotopic (exact) mass is 487 g/mol. The van der Waals surface area contributed by atoms with Crippen molar-refractivity contribution < 1.29 is 17.6 Å². The van der Waals surface area contributed by atoms with E-state index in [2.05, 4.69) is 15.6 Å². The number of halogens is 1. The molecule has 0 unspecified atom stereocenters. The largest absolute Gasteiger partial charge is 0.388 e. The quantitative estimate of drug-likeness (QED) is 0.396. The molecule has 0 saturated carbocycles. The number of pyridine rings is 2. The zero-order chi connectivity index (χ0) is 23.8. The van der Waals surface area contributed by atoms with E-state index in [-0.39, 0.29) is 15.7 Å². The number of aromatic nitrogens is 2. The lowest BCUT2D eigenvalue weighted by atomic mass is 10.1. The lowest BCUT2D eigenvalue weighted by Gasteiger charge is -2.11. The molecule has 2 amide bonds. The average molecular weight is 488 g/mol. The highest BCUT2D eigenvalue weighted by Gasteiger charge is 2.20. The number of aryl methyl sites for hydroxylation is 1. The van der Waals surface area contributed by atoms with Crippen LogP contribution in [0.2, 0.25) is 0 Å². The first-order chi connectivity index (χ1) is 15.7. The number of nitrogens with zero attached hydrogens (tertiary/aromatic N) is 2.